The molecule has 0 aromatic heterocycles. The van der Waals surface area contributed by atoms with Gasteiger partial charge in [0, 0.05) is 68.0 Å². The zero-order valence-corrected chi connectivity index (χ0v) is 24.1. The van der Waals surface area contributed by atoms with E-state index in [9.17, 15) is 27.5 Å². The molecule has 2 aromatic carbocycles. The molecule has 1 radical (unpaired) electrons. The number of aliphatic hydroxyl groups excluding tert-OH is 1. The molecular formula is C19H24AcF5N4O5S-. The van der Waals surface area contributed by atoms with Crippen LogP contribution in [-0.2, 0) is 19.6 Å². The van der Waals surface area contributed by atoms with Crippen molar-refractivity contribution in [3.8, 4) is 0 Å². The molecule has 0 aliphatic rings. The van der Waals surface area contributed by atoms with Crippen molar-refractivity contribution in [1.82, 2.24) is 5.32 Å². The van der Waals surface area contributed by atoms with Crippen molar-refractivity contribution >= 4 is 33.2 Å². The number of halogens is 5. The second kappa shape index (κ2) is 21.4. The zero-order chi connectivity index (χ0) is 26.7. The third-order valence-electron chi connectivity index (χ3n) is 3.80. The van der Waals surface area contributed by atoms with Crippen molar-refractivity contribution in [1.29, 1.82) is 0 Å². The van der Waals surface area contributed by atoms with Gasteiger partial charge in [0.1, 0.15) is 6.04 Å². The number of carbonyl (C=O) groups excluding carboxylic acids is 2. The molecule has 0 saturated carbocycles. The Hall–Kier alpha value is -1.86. The van der Waals surface area contributed by atoms with Crippen LogP contribution >= 0.6 is 0 Å². The molecule has 0 unspecified atom stereocenters. The Morgan fingerprint density at radius 2 is 1.57 bits per heavy atom. The number of alkyl halides is 1. The summed E-state index contributed by atoms with van der Waals surface area (Å²) in [6.07, 6.45) is 0. The molecule has 0 aliphatic carbocycles. The third kappa shape index (κ3) is 13.7. The molecular weight excluding hydrogens is 718 g/mol. The summed E-state index contributed by atoms with van der Waals surface area (Å²) in [7, 11) is -3.29. The van der Waals surface area contributed by atoms with Crippen LogP contribution < -0.4 is 15.4 Å². The van der Waals surface area contributed by atoms with Gasteiger partial charge in [0.15, 0.2) is 5.91 Å². The fourth-order valence-electron chi connectivity index (χ4n) is 2.29. The van der Waals surface area contributed by atoms with Crippen molar-refractivity contribution in [3.63, 3.8) is 0 Å². The molecule has 2 rings (SSSR count). The Morgan fingerprint density at radius 1 is 1.03 bits per heavy atom. The molecule has 1 atom stereocenters. The van der Waals surface area contributed by atoms with Crippen molar-refractivity contribution in [2.24, 2.45) is 0 Å². The largest absolute Gasteiger partial charge is 0.670 e. The van der Waals surface area contributed by atoms with E-state index in [0.29, 0.717) is 18.4 Å². The van der Waals surface area contributed by atoms with E-state index in [1.165, 1.54) is 18.2 Å². The van der Waals surface area contributed by atoms with Crippen LogP contribution in [-0.4, -0.2) is 51.7 Å². The van der Waals surface area contributed by atoms with Crippen LogP contribution in [0.5, 0.6) is 0 Å². The predicted molar refractivity (Wildman–Crippen MR) is 117 cm³/mol. The van der Waals surface area contributed by atoms with Gasteiger partial charge in [-0.1, -0.05) is 30.8 Å². The SMILES string of the molecule is CF.Cc1ccc(NS(=O)(=O)c2ccccc2)cc1NC(=O)[C@H](CO)NC(=O)C[NH-].FF.FF.[Ac]. The molecule has 2 amide bonds. The summed E-state index contributed by atoms with van der Waals surface area (Å²) < 4.78 is 68.8. The number of hydrogen-bond acceptors (Lipinski definition) is 5. The Balaban J connectivity index is -0.00000135. The van der Waals surface area contributed by atoms with Gasteiger partial charge in [0.2, 0.25) is 5.91 Å². The quantitative estimate of drug-likeness (QED) is 0.306. The molecule has 9 nitrogen and oxygen atoms in total. The number of rotatable bonds is 8. The minimum absolute atomic E-state index is 0. The molecule has 0 aliphatic heterocycles. The summed E-state index contributed by atoms with van der Waals surface area (Å²) in [5.74, 6) is -1.38. The number of carbonyl (C=O) groups is 2. The van der Waals surface area contributed by atoms with Crippen LogP contribution in [0.1, 0.15) is 5.56 Å². The number of hydrogen-bond donors (Lipinski definition) is 4. The standard InChI is InChI=1S/C18H21N4O5S.CH3F.Ac.2F2/c1-12-7-8-13(22-28(26,27)14-5-3-2-4-6-14)9-15(12)21-18(25)16(11-23)20-17(24)10-19;1-2;;2*1-2/h2-9,16,19,22-23H,10-11H2,1H3,(H,20,24)(H,21,25);1H3;;;/q-1;;;;/t16-;;;;/m0..../s1. The van der Waals surface area contributed by atoms with Gasteiger partial charge >= 0.3 is 0 Å². The number of aryl methyl sites for hydroxylation is 1. The fourth-order valence-corrected chi connectivity index (χ4v) is 3.36. The van der Waals surface area contributed by atoms with Gasteiger partial charge in [-0.05, 0) is 36.8 Å². The molecule has 0 bridgehead atoms. The maximum atomic E-state index is 12.4. The minimum atomic E-state index is -3.79. The number of amides is 2. The van der Waals surface area contributed by atoms with Gasteiger partial charge in [-0.25, -0.2) is 8.42 Å². The Morgan fingerprint density at radius 3 is 2.06 bits per heavy atom. The monoisotopic (exact) mass is 742 g/mol. The number of aliphatic hydroxyl groups is 1. The molecule has 0 fully saturated rings. The molecule has 0 saturated heterocycles. The van der Waals surface area contributed by atoms with Crippen LogP contribution in [0.2, 0.25) is 0 Å². The average molecular weight is 742 g/mol. The fraction of sp³-hybridized carbons (Fsp3) is 0.263. The molecule has 195 valence electrons. The van der Waals surface area contributed by atoms with Crippen LogP contribution in [0.25, 0.3) is 5.73 Å². The van der Waals surface area contributed by atoms with Crippen LogP contribution in [0, 0.1) is 51.0 Å². The van der Waals surface area contributed by atoms with Crippen LogP contribution in [0.4, 0.5) is 34.1 Å². The maximum absolute atomic E-state index is 12.4. The van der Waals surface area contributed by atoms with Crippen LogP contribution in [0.15, 0.2) is 53.4 Å². The first-order chi connectivity index (χ1) is 16.3. The number of sulfonamides is 1. The summed E-state index contributed by atoms with van der Waals surface area (Å²) in [6.45, 7) is 0.498. The normalized spacial score (nSPS) is 10.2. The van der Waals surface area contributed by atoms with E-state index in [0.717, 1.165) is 0 Å². The molecule has 2 aromatic rings. The Kier molecular flexibility index (Phi) is 23.1. The molecule has 16 heteroatoms. The van der Waals surface area contributed by atoms with Crippen molar-refractivity contribution in [3.05, 3.63) is 59.8 Å². The smallest absolute Gasteiger partial charge is 0.261 e. The topological polar surface area (TPSA) is 148 Å². The summed E-state index contributed by atoms with van der Waals surface area (Å²) in [5, 5.41) is 14.1. The van der Waals surface area contributed by atoms with Gasteiger partial charge in [-0.15, -0.1) is 0 Å². The van der Waals surface area contributed by atoms with Gasteiger partial charge < -0.3 is 21.5 Å². The van der Waals surface area contributed by atoms with Crippen molar-refractivity contribution in [2.45, 2.75) is 17.9 Å². The predicted octanol–water partition coefficient (Wildman–Crippen LogP) is 3.53. The van der Waals surface area contributed by atoms with Gasteiger partial charge in [0.05, 0.1) is 24.4 Å². The molecule has 5 N–H and O–H groups in total. The number of anilines is 2. The first kappa shape index (κ1) is 37.7. The molecule has 35 heavy (non-hydrogen) atoms. The Labute approximate surface area is 235 Å². The second-order valence-corrected chi connectivity index (χ2v) is 7.60. The van der Waals surface area contributed by atoms with E-state index in [1.807, 2.05) is 0 Å². The average Bonchev–Trinajstić information content (AvgIpc) is 2.88. The first-order valence-electron chi connectivity index (χ1n) is 8.97. The van der Waals surface area contributed by atoms with Gasteiger partial charge in [0.25, 0.3) is 10.0 Å². The summed E-state index contributed by atoms with van der Waals surface area (Å²) in [5.41, 5.74) is 8.17. The first-order valence-corrected chi connectivity index (χ1v) is 10.5. The third-order valence-corrected chi connectivity index (χ3v) is 5.19. The minimum Gasteiger partial charge on any atom is -0.670 e. The van der Waals surface area contributed by atoms with E-state index in [4.69, 9.17) is 24.0 Å². The van der Waals surface area contributed by atoms with Crippen molar-refractivity contribution < 1.29 is 89.9 Å². The summed E-state index contributed by atoms with van der Waals surface area (Å²) >= 11 is 0. The van der Waals surface area contributed by atoms with Gasteiger partial charge in [-0.2, -0.15) is 0 Å². The van der Waals surface area contributed by atoms with E-state index >= 15 is 0 Å². The summed E-state index contributed by atoms with van der Waals surface area (Å²) in [6, 6.07) is 11.2. The van der Waals surface area contributed by atoms with Crippen LogP contribution in [0.3, 0.4) is 0 Å². The number of benzene rings is 2. The Bertz CT molecular complexity index is 975. The van der Waals surface area contributed by atoms with E-state index in [1.54, 1.807) is 37.3 Å². The van der Waals surface area contributed by atoms with Crippen molar-refractivity contribution in [2.75, 3.05) is 30.4 Å². The maximum Gasteiger partial charge on any atom is 0.261 e. The van der Waals surface area contributed by atoms with E-state index in [2.05, 4.69) is 15.4 Å². The molecule has 0 spiro atoms. The number of nitrogens with one attached hydrogen (secondary N) is 4. The summed E-state index contributed by atoms with van der Waals surface area (Å²) in [4.78, 5) is 23.7. The molecule has 0 heterocycles. The second-order valence-electron chi connectivity index (χ2n) is 5.92. The van der Waals surface area contributed by atoms with Gasteiger partial charge in [-0.3, -0.25) is 18.7 Å². The zero-order valence-electron chi connectivity index (χ0n) is 18.6. The van der Waals surface area contributed by atoms with E-state index < -0.39 is 41.0 Å². The van der Waals surface area contributed by atoms with E-state index in [-0.39, 0.29) is 54.6 Å².